The minimum absolute atomic E-state index is 0.0750. The third kappa shape index (κ3) is 1.16. The van der Waals surface area contributed by atoms with Gasteiger partial charge in [0.1, 0.15) is 5.52 Å². The van der Waals surface area contributed by atoms with Crippen LogP contribution in [0.1, 0.15) is 17.3 Å². The maximum absolute atomic E-state index is 11.2. The number of nitrogens with two attached hydrogens (primary N) is 1. The number of aromatic nitrogens is 1. The van der Waals surface area contributed by atoms with Crippen molar-refractivity contribution in [2.45, 2.75) is 6.92 Å². The van der Waals surface area contributed by atoms with Crippen molar-refractivity contribution in [3.05, 3.63) is 24.1 Å². The summed E-state index contributed by atoms with van der Waals surface area (Å²) in [6.07, 6.45) is 1.30. The molecule has 2 aromatic rings. The van der Waals surface area contributed by atoms with Gasteiger partial charge in [-0.2, -0.15) is 0 Å². The van der Waals surface area contributed by atoms with Crippen LogP contribution < -0.4 is 5.73 Å². The number of anilines is 1. The van der Waals surface area contributed by atoms with Crippen molar-refractivity contribution in [2.75, 3.05) is 5.73 Å². The predicted octanol–water partition coefficient (Wildman–Crippen LogP) is 1.61. The summed E-state index contributed by atoms with van der Waals surface area (Å²) >= 11 is 0. The quantitative estimate of drug-likeness (QED) is 0.529. The SMILES string of the molecule is CC(=O)c1cc(N)cc2ncoc12. The van der Waals surface area contributed by atoms with Gasteiger partial charge in [-0.15, -0.1) is 0 Å². The summed E-state index contributed by atoms with van der Waals surface area (Å²) in [6.45, 7) is 1.47. The Bertz CT molecular complexity index is 473. The van der Waals surface area contributed by atoms with E-state index >= 15 is 0 Å². The Morgan fingerprint density at radius 2 is 2.31 bits per heavy atom. The number of benzene rings is 1. The van der Waals surface area contributed by atoms with Crippen molar-refractivity contribution in [3.63, 3.8) is 0 Å². The second-order valence-corrected chi connectivity index (χ2v) is 2.83. The summed E-state index contributed by atoms with van der Waals surface area (Å²) in [6, 6.07) is 3.26. The van der Waals surface area contributed by atoms with Crippen LogP contribution in [0.2, 0.25) is 0 Å². The number of carbonyl (C=O) groups excluding carboxylic acids is 1. The average Bonchev–Trinajstić information content (AvgIpc) is 2.49. The van der Waals surface area contributed by atoms with Crippen molar-refractivity contribution in [2.24, 2.45) is 0 Å². The summed E-state index contributed by atoms with van der Waals surface area (Å²) in [5, 5.41) is 0. The van der Waals surface area contributed by atoms with E-state index in [1.807, 2.05) is 0 Å². The zero-order chi connectivity index (χ0) is 9.42. The van der Waals surface area contributed by atoms with Gasteiger partial charge in [0.05, 0.1) is 5.56 Å². The third-order valence-corrected chi connectivity index (χ3v) is 1.83. The lowest BCUT2D eigenvalue weighted by molar-refractivity contribution is 0.101. The summed E-state index contributed by atoms with van der Waals surface area (Å²) in [5.74, 6) is -0.0750. The topological polar surface area (TPSA) is 69.1 Å². The number of nitrogens with zero attached hydrogens (tertiary/aromatic N) is 1. The number of hydrogen-bond donors (Lipinski definition) is 1. The van der Waals surface area contributed by atoms with E-state index in [1.165, 1.54) is 13.3 Å². The highest BCUT2D eigenvalue weighted by Crippen LogP contribution is 2.21. The van der Waals surface area contributed by atoms with Gasteiger partial charge in [0.25, 0.3) is 0 Å². The molecule has 4 nitrogen and oxygen atoms in total. The summed E-state index contributed by atoms with van der Waals surface area (Å²) in [5.41, 5.74) is 7.70. The second kappa shape index (κ2) is 2.58. The molecule has 0 aliphatic heterocycles. The van der Waals surface area contributed by atoms with Gasteiger partial charge in [-0.1, -0.05) is 0 Å². The number of ketones is 1. The predicted molar refractivity (Wildman–Crippen MR) is 48.4 cm³/mol. The molecule has 4 heteroatoms. The van der Waals surface area contributed by atoms with E-state index in [1.54, 1.807) is 12.1 Å². The highest BCUT2D eigenvalue weighted by molar-refractivity contribution is 6.05. The number of carbonyl (C=O) groups is 1. The van der Waals surface area contributed by atoms with Crippen LogP contribution in [0.25, 0.3) is 11.1 Å². The minimum Gasteiger partial charge on any atom is -0.443 e. The van der Waals surface area contributed by atoms with Gasteiger partial charge in [0.15, 0.2) is 17.8 Å². The van der Waals surface area contributed by atoms with Crippen LogP contribution in [0.3, 0.4) is 0 Å². The van der Waals surface area contributed by atoms with Gasteiger partial charge in [-0.25, -0.2) is 4.98 Å². The van der Waals surface area contributed by atoms with Crippen molar-refractivity contribution in [1.82, 2.24) is 4.98 Å². The van der Waals surface area contributed by atoms with Gasteiger partial charge < -0.3 is 10.2 Å². The Hall–Kier alpha value is -1.84. The zero-order valence-corrected chi connectivity index (χ0v) is 7.07. The molecular formula is C9H8N2O2. The lowest BCUT2D eigenvalue weighted by atomic mass is 10.1. The third-order valence-electron chi connectivity index (χ3n) is 1.83. The molecule has 0 atom stereocenters. The van der Waals surface area contributed by atoms with Crippen LogP contribution in [-0.4, -0.2) is 10.8 Å². The largest absolute Gasteiger partial charge is 0.443 e. The Morgan fingerprint density at radius 1 is 1.54 bits per heavy atom. The fraction of sp³-hybridized carbons (Fsp3) is 0.111. The van der Waals surface area contributed by atoms with Crippen LogP contribution in [0.4, 0.5) is 5.69 Å². The monoisotopic (exact) mass is 176 g/mol. The molecule has 0 spiro atoms. The summed E-state index contributed by atoms with van der Waals surface area (Å²) in [7, 11) is 0. The number of rotatable bonds is 1. The lowest BCUT2D eigenvalue weighted by Gasteiger charge is -1.97. The van der Waals surface area contributed by atoms with Gasteiger partial charge in [-0.3, -0.25) is 4.79 Å². The molecule has 1 aromatic heterocycles. The fourth-order valence-electron chi connectivity index (χ4n) is 1.25. The van der Waals surface area contributed by atoms with Crippen LogP contribution in [0.15, 0.2) is 22.9 Å². The van der Waals surface area contributed by atoms with Gasteiger partial charge in [-0.05, 0) is 19.1 Å². The van der Waals surface area contributed by atoms with E-state index in [9.17, 15) is 4.79 Å². The maximum Gasteiger partial charge on any atom is 0.182 e. The molecule has 0 unspecified atom stereocenters. The normalized spacial score (nSPS) is 10.5. The molecule has 2 rings (SSSR count). The Labute approximate surface area is 74.4 Å². The molecule has 0 fully saturated rings. The Morgan fingerprint density at radius 3 is 3.00 bits per heavy atom. The van der Waals surface area contributed by atoms with Crippen molar-refractivity contribution < 1.29 is 9.21 Å². The van der Waals surface area contributed by atoms with E-state index in [4.69, 9.17) is 10.2 Å². The second-order valence-electron chi connectivity index (χ2n) is 2.83. The first kappa shape index (κ1) is 7.79. The fourth-order valence-corrected chi connectivity index (χ4v) is 1.25. The maximum atomic E-state index is 11.2. The smallest absolute Gasteiger partial charge is 0.182 e. The van der Waals surface area contributed by atoms with Gasteiger partial charge in [0, 0.05) is 5.69 Å². The molecule has 0 saturated heterocycles. The molecule has 0 aliphatic carbocycles. The Kier molecular flexibility index (Phi) is 1.55. The van der Waals surface area contributed by atoms with Crippen LogP contribution in [0.5, 0.6) is 0 Å². The highest BCUT2D eigenvalue weighted by Gasteiger charge is 2.10. The molecule has 0 radical (unpaired) electrons. The molecule has 2 N–H and O–H groups in total. The first-order valence-corrected chi connectivity index (χ1v) is 3.82. The molecule has 0 saturated carbocycles. The lowest BCUT2D eigenvalue weighted by Crippen LogP contribution is -1.95. The average molecular weight is 176 g/mol. The molecule has 13 heavy (non-hydrogen) atoms. The van der Waals surface area contributed by atoms with E-state index in [0.29, 0.717) is 22.4 Å². The number of Topliss-reactive ketones (excluding diaryl/α,β-unsaturated/α-hetero) is 1. The highest BCUT2D eigenvalue weighted by atomic mass is 16.3. The van der Waals surface area contributed by atoms with Crippen LogP contribution in [0, 0.1) is 0 Å². The minimum atomic E-state index is -0.0750. The standard InChI is InChI=1S/C9H8N2O2/c1-5(12)7-2-6(10)3-8-9(7)13-4-11-8/h2-4H,10H2,1H3. The molecular weight excluding hydrogens is 168 g/mol. The zero-order valence-electron chi connectivity index (χ0n) is 7.07. The van der Waals surface area contributed by atoms with Crippen molar-refractivity contribution >= 4 is 22.6 Å². The van der Waals surface area contributed by atoms with Gasteiger partial charge in [0.2, 0.25) is 0 Å². The molecule has 0 bridgehead atoms. The summed E-state index contributed by atoms with van der Waals surface area (Å²) < 4.78 is 5.08. The number of hydrogen-bond acceptors (Lipinski definition) is 4. The van der Waals surface area contributed by atoms with Crippen molar-refractivity contribution in [3.8, 4) is 0 Å². The first-order chi connectivity index (χ1) is 6.18. The molecule has 0 amide bonds. The molecule has 1 aromatic carbocycles. The number of fused-ring (bicyclic) bond motifs is 1. The van der Waals surface area contributed by atoms with E-state index in [2.05, 4.69) is 4.98 Å². The molecule has 66 valence electrons. The van der Waals surface area contributed by atoms with E-state index < -0.39 is 0 Å². The van der Waals surface area contributed by atoms with E-state index in [-0.39, 0.29) is 5.78 Å². The first-order valence-electron chi connectivity index (χ1n) is 3.82. The van der Waals surface area contributed by atoms with Crippen LogP contribution in [-0.2, 0) is 0 Å². The van der Waals surface area contributed by atoms with E-state index in [0.717, 1.165) is 0 Å². The Balaban J connectivity index is 2.84. The molecule has 1 heterocycles. The van der Waals surface area contributed by atoms with Crippen molar-refractivity contribution in [1.29, 1.82) is 0 Å². The number of oxazole rings is 1. The van der Waals surface area contributed by atoms with Crippen LogP contribution >= 0.6 is 0 Å². The van der Waals surface area contributed by atoms with Gasteiger partial charge >= 0.3 is 0 Å². The number of nitrogen functional groups attached to an aromatic ring is 1. The molecule has 0 aliphatic rings. The summed E-state index contributed by atoms with van der Waals surface area (Å²) in [4.78, 5) is 15.1.